The van der Waals surface area contributed by atoms with Crippen molar-refractivity contribution in [2.45, 2.75) is 13.3 Å². The van der Waals surface area contributed by atoms with Gasteiger partial charge in [0.05, 0.1) is 23.7 Å². The highest BCUT2D eigenvalue weighted by atomic mass is 79.9. The van der Waals surface area contributed by atoms with Crippen LogP contribution < -0.4 is 15.0 Å². The third-order valence-electron chi connectivity index (χ3n) is 4.45. The lowest BCUT2D eigenvalue weighted by Crippen LogP contribution is -2.28. The average molecular weight is 472 g/mol. The molecule has 0 aromatic heterocycles. The Kier molecular flexibility index (Phi) is 5.99. The number of hydrogen-bond acceptors (Lipinski definition) is 3. The first-order chi connectivity index (χ1) is 12.8. The molecule has 1 heterocycles. The maximum absolute atomic E-state index is 12.7. The summed E-state index contributed by atoms with van der Waals surface area (Å²) in [7, 11) is 1.53. The Balaban J connectivity index is 1.79. The molecular weight excluding hydrogens is 455 g/mol. The Morgan fingerprint density at radius 3 is 2.74 bits per heavy atom. The topological polar surface area (TPSA) is 58.6 Å². The molecule has 0 aliphatic carbocycles. The summed E-state index contributed by atoms with van der Waals surface area (Å²) in [5.74, 6) is -0.332. The van der Waals surface area contributed by atoms with Crippen LogP contribution in [0.1, 0.15) is 12.0 Å². The molecule has 27 heavy (non-hydrogen) atoms. The maximum atomic E-state index is 12.7. The Labute approximate surface area is 175 Å². The van der Waals surface area contributed by atoms with Crippen LogP contribution in [-0.4, -0.2) is 25.5 Å². The highest BCUT2D eigenvalue weighted by Gasteiger charge is 2.36. The second-order valence-electron chi connectivity index (χ2n) is 6.29. The summed E-state index contributed by atoms with van der Waals surface area (Å²) in [6.07, 6.45) is 0.116. The molecule has 1 atom stereocenters. The van der Waals surface area contributed by atoms with E-state index in [1.807, 2.05) is 13.0 Å². The van der Waals surface area contributed by atoms with Crippen molar-refractivity contribution in [1.82, 2.24) is 0 Å². The van der Waals surface area contributed by atoms with Crippen LogP contribution in [0.5, 0.6) is 5.75 Å². The van der Waals surface area contributed by atoms with E-state index >= 15 is 0 Å². The van der Waals surface area contributed by atoms with Crippen LogP contribution in [0, 0.1) is 12.8 Å². The number of carbonyl (C=O) groups is 2. The van der Waals surface area contributed by atoms with Gasteiger partial charge in [0.15, 0.2) is 0 Å². The fraction of sp³-hybridized carbons (Fsp3) is 0.263. The summed E-state index contributed by atoms with van der Waals surface area (Å²) >= 11 is 15.5. The van der Waals surface area contributed by atoms with Crippen LogP contribution in [0.3, 0.4) is 0 Å². The molecule has 0 radical (unpaired) electrons. The van der Waals surface area contributed by atoms with Crippen LogP contribution in [0.15, 0.2) is 34.8 Å². The van der Waals surface area contributed by atoms with Gasteiger partial charge in [-0.15, -0.1) is 0 Å². The first kappa shape index (κ1) is 20.0. The van der Waals surface area contributed by atoms with Gasteiger partial charge in [0.1, 0.15) is 5.75 Å². The van der Waals surface area contributed by atoms with Crippen molar-refractivity contribution in [3.05, 3.63) is 50.4 Å². The molecule has 0 bridgehead atoms. The average Bonchev–Trinajstić information content (AvgIpc) is 3.01. The molecule has 1 aliphatic heterocycles. The fourth-order valence-corrected chi connectivity index (χ4v) is 3.79. The van der Waals surface area contributed by atoms with Crippen molar-refractivity contribution in [3.8, 4) is 5.75 Å². The van der Waals surface area contributed by atoms with E-state index in [2.05, 4.69) is 21.2 Å². The molecule has 1 aliphatic rings. The van der Waals surface area contributed by atoms with E-state index in [-0.39, 0.29) is 24.8 Å². The zero-order chi connectivity index (χ0) is 19.7. The van der Waals surface area contributed by atoms with Gasteiger partial charge in [0.25, 0.3) is 0 Å². The van der Waals surface area contributed by atoms with Gasteiger partial charge in [-0.1, -0.05) is 23.2 Å². The number of ether oxygens (including phenoxy) is 1. The quantitative estimate of drug-likeness (QED) is 0.677. The Morgan fingerprint density at radius 2 is 2.04 bits per heavy atom. The number of anilines is 2. The van der Waals surface area contributed by atoms with E-state index in [0.29, 0.717) is 27.2 Å². The van der Waals surface area contributed by atoms with E-state index in [4.69, 9.17) is 27.9 Å². The highest BCUT2D eigenvalue weighted by Crippen LogP contribution is 2.36. The molecule has 142 valence electrons. The van der Waals surface area contributed by atoms with Gasteiger partial charge in [-0.25, -0.2) is 0 Å². The molecule has 5 nitrogen and oxygen atoms in total. The molecular formula is C19H17BrCl2N2O3. The van der Waals surface area contributed by atoms with E-state index < -0.39 is 5.92 Å². The van der Waals surface area contributed by atoms with Crippen molar-refractivity contribution in [3.63, 3.8) is 0 Å². The Morgan fingerprint density at radius 1 is 1.30 bits per heavy atom. The number of nitrogens with one attached hydrogen (secondary N) is 1. The molecule has 0 spiro atoms. The van der Waals surface area contributed by atoms with Gasteiger partial charge in [-0.05, 0) is 58.7 Å². The molecule has 2 aromatic carbocycles. The second-order valence-corrected chi connectivity index (χ2v) is 7.99. The Hall–Kier alpha value is -1.76. The predicted molar refractivity (Wildman–Crippen MR) is 111 cm³/mol. The van der Waals surface area contributed by atoms with Crippen LogP contribution in [0.4, 0.5) is 11.4 Å². The van der Waals surface area contributed by atoms with Crippen molar-refractivity contribution in [2.24, 2.45) is 5.92 Å². The number of halogens is 3. The van der Waals surface area contributed by atoms with Crippen molar-refractivity contribution in [1.29, 1.82) is 0 Å². The minimum absolute atomic E-state index is 0.116. The van der Waals surface area contributed by atoms with Gasteiger partial charge >= 0.3 is 0 Å². The van der Waals surface area contributed by atoms with Gasteiger partial charge < -0.3 is 15.0 Å². The number of rotatable bonds is 4. The zero-order valence-corrected chi connectivity index (χ0v) is 17.8. The summed E-state index contributed by atoms with van der Waals surface area (Å²) in [6.45, 7) is 2.13. The third kappa shape index (κ3) is 4.23. The summed E-state index contributed by atoms with van der Waals surface area (Å²) in [5, 5.41) is 3.87. The summed E-state index contributed by atoms with van der Waals surface area (Å²) < 4.78 is 6.08. The maximum Gasteiger partial charge on any atom is 0.229 e. The molecule has 8 heteroatoms. The summed E-state index contributed by atoms with van der Waals surface area (Å²) in [6, 6.07) is 8.58. The number of aryl methyl sites for hydroxylation is 1. The first-order valence-corrected chi connectivity index (χ1v) is 9.75. The molecule has 2 aromatic rings. The van der Waals surface area contributed by atoms with Gasteiger partial charge in [0, 0.05) is 28.1 Å². The minimum atomic E-state index is -0.483. The standard InChI is InChI=1S/C19H17BrCl2N2O3/c1-10-5-13(20)14(22)8-15(10)23-19(26)11-6-18(25)24(9-11)16-7-12(21)3-4-17(16)27-2/h3-5,7-8,11H,6,9H2,1-2H3,(H,23,26)/t11-/m1/s1. The van der Waals surface area contributed by atoms with E-state index in [1.54, 1.807) is 24.3 Å². The molecule has 0 unspecified atom stereocenters. The smallest absolute Gasteiger partial charge is 0.229 e. The van der Waals surface area contributed by atoms with E-state index in [9.17, 15) is 9.59 Å². The van der Waals surface area contributed by atoms with Gasteiger partial charge in [-0.3, -0.25) is 9.59 Å². The third-order valence-corrected chi connectivity index (χ3v) is 5.88. The summed E-state index contributed by atoms with van der Waals surface area (Å²) in [4.78, 5) is 26.8. The number of nitrogens with zero attached hydrogens (tertiary/aromatic N) is 1. The van der Waals surface area contributed by atoms with Crippen molar-refractivity contribution < 1.29 is 14.3 Å². The van der Waals surface area contributed by atoms with Crippen molar-refractivity contribution in [2.75, 3.05) is 23.9 Å². The predicted octanol–water partition coefficient (Wildman–Crippen LogP) is 5.06. The van der Waals surface area contributed by atoms with Gasteiger partial charge in [-0.2, -0.15) is 0 Å². The monoisotopic (exact) mass is 470 g/mol. The minimum Gasteiger partial charge on any atom is -0.495 e. The molecule has 0 saturated carbocycles. The number of benzene rings is 2. The molecule has 2 amide bonds. The molecule has 1 fully saturated rings. The number of amides is 2. The van der Waals surface area contributed by atoms with Gasteiger partial charge in [0.2, 0.25) is 11.8 Å². The lowest BCUT2D eigenvalue weighted by Gasteiger charge is -2.20. The highest BCUT2D eigenvalue weighted by molar-refractivity contribution is 9.10. The van der Waals surface area contributed by atoms with Crippen LogP contribution in [0.2, 0.25) is 10.0 Å². The molecule has 1 saturated heterocycles. The van der Waals surface area contributed by atoms with Crippen LogP contribution in [-0.2, 0) is 9.59 Å². The number of carbonyl (C=O) groups excluding carboxylic acids is 2. The number of methoxy groups -OCH3 is 1. The lowest BCUT2D eigenvalue weighted by molar-refractivity contribution is -0.122. The summed E-state index contributed by atoms with van der Waals surface area (Å²) in [5.41, 5.74) is 2.06. The van der Waals surface area contributed by atoms with Crippen LogP contribution >= 0.6 is 39.1 Å². The number of hydrogen-bond donors (Lipinski definition) is 1. The van der Waals surface area contributed by atoms with E-state index in [1.165, 1.54) is 12.0 Å². The zero-order valence-electron chi connectivity index (χ0n) is 14.7. The SMILES string of the molecule is COc1ccc(Cl)cc1N1C[C@H](C(=O)Nc2cc(Cl)c(Br)cc2C)CC1=O. The largest absolute Gasteiger partial charge is 0.495 e. The second kappa shape index (κ2) is 8.09. The normalized spacial score (nSPS) is 16.6. The van der Waals surface area contributed by atoms with Crippen molar-refractivity contribution >= 4 is 62.3 Å². The lowest BCUT2D eigenvalue weighted by atomic mass is 10.1. The Bertz CT molecular complexity index is 920. The molecule has 3 rings (SSSR count). The van der Waals surface area contributed by atoms with E-state index in [0.717, 1.165) is 10.0 Å². The first-order valence-electron chi connectivity index (χ1n) is 8.20. The van der Waals surface area contributed by atoms with Crippen LogP contribution in [0.25, 0.3) is 0 Å². The molecule has 1 N–H and O–H groups in total. The fourth-order valence-electron chi connectivity index (χ4n) is 3.01.